The number of likely N-dealkylation sites (tertiary alicyclic amines) is 1. The maximum Gasteiger partial charge on any atom is 0.255 e. The molecule has 1 aliphatic carbocycles. The monoisotopic (exact) mass is 524 g/mol. The number of aromatic nitrogens is 1. The first-order valence-corrected chi connectivity index (χ1v) is 12.3. The fourth-order valence-electron chi connectivity index (χ4n) is 4.17. The molecule has 2 heterocycles. The molecule has 2 fully saturated rings. The number of rotatable bonds is 6. The number of nitrogens with one attached hydrogen (secondary N) is 2. The average molecular weight is 525 g/mol. The lowest BCUT2D eigenvalue weighted by molar-refractivity contribution is -0.133. The molecule has 192 valence electrons. The van der Waals surface area contributed by atoms with Crippen molar-refractivity contribution < 1.29 is 18.8 Å². The summed E-state index contributed by atoms with van der Waals surface area (Å²) in [5.74, 6) is -0.784. The predicted molar refractivity (Wildman–Crippen MR) is 139 cm³/mol. The average Bonchev–Trinajstić information content (AvgIpc) is 3.51. The minimum absolute atomic E-state index is 0.0649. The van der Waals surface area contributed by atoms with Crippen LogP contribution in [0.2, 0.25) is 5.02 Å². The largest absolute Gasteiger partial charge is 0.342 e. The highest BCUT2D eigenvalue weighted by atomic mass is 35.5. The number of halogens is 2. The molecule has 0 spiro atoms. The number of benzene rings is 2. The van der Waals surface area contributed by atoms with E-state index in [1.165, 1.54) is 22.8 Å². The van der Waals surface area contributed by atoms with Crippen molar-refractivity contribution >= 4 is 41.2 Å². The number of hydrogen-bond acceptors (Lipinski definition) is 4. The molecule has 1 saturated heterocycles. The van der Waals surface area contributed by atoms with Crippen molar-refractivity contribution in [1.29, 1.82) is 0 Å². The third-order valence-corrected chi connectivity index (χ3v) is 6.49. The predicted octanol–water partition coefficient (Wildman–Crippen LogP) is 4.08. The summed E-state index contributed by atoms with van der Waals surface area (Å²) in [6, 6.07) is 15.8. The van der Waals surface area contributed by atoms with E-state index in [-0.39, 0.29) is 34.9 Å². The van der Waals surface area contributed by atoms with Crippen LogP contribution in [0, 0.1) is 17.7 Å². The molecule has 2 aromatic carbocycles. The molecule has 2 aliphatic rings. The van der Waals surface area contributed by atoms with Gasteiger partial charge in [0.25, 0.3) is 5.56 Å². The fourth-order valence-corrected chi connectivity index (χ4v) is 4.30. The van der Waals surface area contributed by atoms with Crippen LogP contribution in [0.15, 0.2) is 71.7 Å². The summed E-state index contributed by atoms with van der Waals surface area (Å²) in [5, 5.41) is 5.70. The number of hydrogen-bond donors (Lipinski definition) is 2. The van der Waals surface area contributed by atoms with Gasteiger partial charge in [0.1, 0.15) is 5.82 Å². The van der Waals surface area contributed by atoms with Gasteiger partial charge in [0, 0.05) is 42.1 Å². The van der Waals surface area contributed by atoms with Crippen LogP contribution in [0.25, 0.3) is 5.69 Å². The Balaban J connectivity index is 0.000000176. The van der Waals surface area contributed by atoms with Crippen molar-refractivity contribution in [2.24, 2.45) is 11.8 Å². The van der Waals surface area contributed by atoms with E-state index in [4.69, 9.17) is 11.6 Å². The van der Waals surface area contributed by atoms with E-state index in [0.717, 1.165) is 31.6 Å². The molecular formula is C27H26ClFN4O4. The SMILES string of the molecule is O=C(Nc1ccc(Cl)cc1)[C@@H]1CC1C(=O)N1CCCC1.O=CNc1ccc(-n2ccccc2=O)cc1F. The van der Waals surface area contributed by atoms with Crippen LogP contribution in [-0.2, 0) is 14.4 Å². The Bertz CT molecular complexity index is 1340. The van der Waals surface area contributed by atoms with Gasteiger partial charge < -0.3 is 15.5 Å². The molecule has 8 nitrogen and oxygen atoms in total. The molecular weight excluding hydrogens is 499 g/mol. The fraction of sp³-hybridized carbons (Fsp3) is 0.259. The number of carbonyl (C=O) groups is 3. The molecule has 1 saturated carbocycles. The Morgan fingerprint density at radius 3 is 2.38 bits per heavy atom. The van der Waals surface area contributed by atoms with Crippen LogP contribution in [-0.4, -0.2) is 40.8 Å². The molecule has 2 N–H and O–H groups in total. The highest BCUT2D eigenvalue weighted by Crippen LogP contribution is 2.41. The van der Waals surface area contributed by atoms with Crippen LogP contribution < -0.4 is 16.2 Å². The van der Waals surface area contributed by atoms with E-state index in [9.17, 15) is 23.6 Å². The van der Waals surface area contributed by atoms with Gasteiger partial charge in [-0.05, 0) is 61.7 Å². The standard InChI is InChI=1S/C15H17ClN2O2.C12H9FN2O2/c16-10-3-5-11(6-4-10)17-14(19)12-9-13(12)15(20)18-7-1-2-8-18;13-10-7-9(4-5-11(10)14-8-16)15-6-2-1-3-12(15)17/h3-6,12-13H,1-2,7-9H2,(H,17,19);1-8H,(H,14,16)/t12-,13?;/m1./s1. The molecule has 3 amide bonds. The zero-order valence-corrected chi connectivity index (χ0v) is 20.7. The highest BCUT2D eigenvalue weighted by Gasteiger charge is 2.49. The van der Waals surface area contributed by atoms with Crippen molar-refractivity contribution in [2.75, 3.05) is 23.7 Å². The maximum atomic E-state index is 13.5. The summed E-state index contributed by atoms with van der Waals surface area (Å²) in [4.78, 5) is 47.8. The number of anilines is 2. The third kappa shape index (κ3) is 6.62. The molecule has 1 aliphatic heterocycles. The molecule has 0 radical (unpaired) electrons. The van der Waals surface area contributed by atoms with Gasteiger partial charge in [0.15, 0.2) is 0 Å². The van der Waals surface area contributed by atoms with Gasteiger partial charge in [-0.25, -0.2) is 4.39 Å². The van der Waals surface area contributed by atoms with Crippen molar-refractivity contribution in [3.63, 3.8) is 0 Å². The van der Waals surface area contributed by atoms with Gasteiger partial charge in [-0.15, -0.1) is 0 Å². The topological polar surface area (TPSA) is 101 Å². The van der Waals surface area contributed by atoms with Gasteiger partial charge in [-0.3, -0.25) is 23.7 Å². The smallest absolute Gasteiger partial charge is 0.255 e. The lowest BCUT2D eigenvalue weighted by atomic mass is 10.2. The Morgan fingerprint density at radius 2 is 1.73 bits per heavy atom. The van der Waals surface area contributed by atoms with Crippen LogP contribution in [0.4, 0.5) is 15.8 Å². The zero-order chi connectivity index (χ0) is 26.4. The summed E-state index contributed by atoms with van der Waals surface area (Å²) < 4.78 is 14.8. The lowest BCUT2D eigenvalue weighted by Crippen LogP contribution is -2.30. The molecule has 0 bridgehead atoms. The van der Waals surface area contributed by atoms with Crippen molar-refractivity contribution in [3.05, 3.63) is 88.1 Å². The van der Waals surface area contributed by atoms with Gasteiger partial charge in [-0.1, -0.05) is 17.7 Å². The Kier molecular flexibility index (Phi) is 8.35. The summed E-state index contributed by atoms with van der Waals surface area (Å²) >= 11 is 5.80. The van der Waals surface area contributed by atoms with Crippen LogP contribution in [0.3, 0.4) is 0 Å². The normalized spacial score (nSPS) is 17.8. The first-order chi connectivity index (χ1) is 17.9. The molecule has 10 heteroatoms. The molecule has 1 unspecified atom stereocenters. The van der Waals surface area contributed by atoms with Crippen molar-refractivity contribution in [3.8, 4) is 5.69 Å². The Morgan fingerprint density at radius 1 is 1.00 bits per heavy atom. The van der Waals surface area contributed by atoms with E-state index >= 15 is 0 Å². The molecule has 1 aromatic heterocycles. The first-order valence-electron chi connectivity index (χ1n) is 11.9. The van der Waals surface area contributed by atoms with Crippen LogP contribution in [0.5, 0.6) is 0 Å². The van der Waals surface area contributed by atoms with Gasteiger partial charge in [-0.2, -0.15) is 0 Å². The van der Waals surface area contributed by atoms with Gasteiger partial charge >= 0.3 is 0 Å². The second-order valence-electron chi connectivity index (χ2n) is 8.81. The highest BCUT2D eigenvalue weighted by molar-refractivity contribution is 6.30. The Hall–Kier alpha value is -3.98. The van der Waals surface area contributed by atoms with Crippen molar-refractivity contribution in [1.82, 2.24) is 9.47 Å². The van der Waals surface area contributed by atoms with Crippen LogP contribution in [0.1, 0.15) is 19.3 Å². The van der Waals surface area contributed by atoms with E-state index in [2.05, 4.69) is 10.6 Å². The zero-order valence-electron chi connectivity index (χ0n) is 19.9. The summed E-state index contributed by atoms with van der Waals surface area (Å²) in [6.07, 6.45) is 4.78. The Labute approximate surface area is 218 Å². The van der Waals surface area contributed by atoms with Gasteiger partial charge in [0.2, 0.25) is 18.2 Å². The van der Waals surface area contributed by atoms with E-state index in [1.807, 2.05) is 4.90 Å². The summed E-state index contributed by atoms with van der Waals surface area (Å²) in [6.45, 7) is 1.70. The number of carbonyl (C=O) groups excluding carboxylic acids is 3. The van der Waals surface area contributed by atoms with Gasteiger partial charge in [0.05, 0.1) is 23.2 Å². The molecule has 3 aromatic rings. The molecule has 37 heavy (non-hydrogen) atoms. The molecule has 2 atom stereocenters. The quantitative estimate of drug-likeness (QED) is 0.474. The lowest BCUT2D eigenvalue weighted by Gasteiger charge is -2.14. The van der Waals surface area contributed by atoms with E-state index < -0.39 is 5.82 Å². The van der Waals surface area contributed by atoms with E-state index in [1.54, 1.807) is 48.7 Å². The van der Waals surface area contributed by atoms with Crippen molar-refractivity contribution in [2.45, 2.75) is 19.3 Å². The van der Waals surface area contributed by atoms with Crippen LogP contribution >= 0.6 is 11.6 Å². The molecule has 5 rings (SSSR count). The second kappa shape index (κ2) is 11.8. The summed E-state index contributed by atoms with van der Waals surface area (Å²) in [7, 11) is 0. The number of amides is 3. The third-order valence-electron chi connectivity index (χ3n) is 6.24. The van der Waals surface area contributed by atoms with E-state index in [0.29, 0.717) is 23.5 Å². The number of pyridine rings is 1. The number of nitrogens with zero attached hydrogens (tertiary/aromatic N) is 2. The maximum absolute atomic E-state index is 13.5. The minimum atomic E-state index is -0.592. The minimum Gasteiger partial charge on any atom is -0.342 e. The first kappa shape index (κ1) is 26.1. The summed E-state index contributed by atoms with van der Waals surface area (Å²) in [5.41, 5.74) is 0.957. The second-order valence-corrected chi connectivity index (χ2v) is 9.25.